The second-order valence-electron chi connectivity index (χ2n) is 14.3. The summed E-state index contributed by atoms with van der Waals surface area (Å²) in [5.74, 6) is 0. The van der Waals surface area contributed by atoms with Gasteiger partial charge >= 0.3 is 0 Å². The fourth-order valence-corrected chi connectivity index (χ4v) is 6.90. The summed E-state index contributed by atoms with van der Waals surface area (Å²) in [6.45, 7) is 12.3. The van der Waals surface area contributed by atoms with Crippen LogP contribution in [0.1, 0.15) is 239 Å². The first-order valence-corrected chi connectivity index (χ1v) is 20.8. The molecule has 0 aromatic rings. The van der Waals surface area contributed by atoms with E-state index in [2.05, 4.69) is 51.3 Å². The quantitative estimate of drug-likeness (QED) is 0.0473. The molecule has 0 aromatic heterocycles. The number of rotatable bonds is 38. The van der Waals surface area contributed by atoms with Crippen LogP contribution in [-0.4, -0.2) is 0 Å². The summed E-state index contributed by atoms with van der Waals surface area (Å²) in [7, 11) is 0. The Morgan fingerprint density at radius 3 is 0.911 bits per heavy atom. The first-order valence-electron chi connectivity index (χ1n) is 20.8. The first-order chi connectivity index (χ1) is 22.3. The van der Waals surface area contributed by atoms with Gasteiger partial charge in [-0.1, -0.05) is 177 Å². The zero-order valence-electron chi connectivity index (χ0n) is 31.5. The zero-order chi connectivity index (χ0) is 32.7. The molecule has 0 fully saturated rings. The normalized spacial score (nSPS) is 12.2. The zero-order valence-corrected chi connectivity index (χ0v) is 31.5. The minimum Gasteiger partial charge on any atom is -0.103 e. The van der Waals surface area contributed by atoms with Gasteiger partial charge in [-0.25, -0.2) is 0 Å². The molecule has 0 unspecified atom stereocenters. The molecule has 0 rings (SSSR count). The molecule has 0 aromatic carbocycles. The predicted octanol–water partition coefficient (Wildman–Crippen LogP) is 16.9. The molecule has 0 nitrogen and oxygen atoms in total. The van der Waals surface area contributed by atoms with E-state index < -0.39 is 0 Å². The number of hydrogen-bond donors (Lipinski definition) is 0. The third-order valence-electron chi connectivity index (χ3n) is 9.94. The van der Waals surface area contributed by atoms with Crippen molar-refractivity contribution in [2.45, 2.75) is 239 Å². The van der Waals surface area contributed by atoms with Gasteiger partial charge in [0.1, 0.15) is 0 Å². The van der Waals surface area contributed by atoms with Crippen molar-refractivity contribution in [1.82, 2.24) is 0 Å². The Bertz CT molecular complexity index is 649. The summed E-state index contributed by atoms with van der Waals surface area (Å²) in [6.07, 6.45) is 57.8. The van der Waals surface area contributed by atoms with Crippen LogP contribution >= 0.6 is 0 Å². The van der Waals surface area contributed by atoms with Crippen LogP contribution in [0.15, 0.2) is 48.6 Å². The molecule has 0 aliphatic rings. The second kappa shape index (κ2) is 39.1. The van der Waals surface area contributed by atoms with E-state index in [1.807, 2.05) is 11.1 Å². The van der Waals surface area contributed by atoms with Gasteiger partial charge in [-0.15, -0.1) is 13.2 Å². The van der Waals surface area contributed by atoms with Crippen LogP contribution in [-0.2, 0) is 0 Å². The highest BCUT2D eigenvalue weighted by Crippen LogP contribution is 2.28. The fraction of sp³-hybridized carbons (Fsp3) is 0.822. The Kier molecular flexibility index (Phi) is 38.2. The molecular weight excluding hydrogens is 540 g/mol. The molecule has 0 N–H and O–H groups in total. The highest BCUT2D eigenvalue weighted by molar-refractivity contribution is 5.15. The average Bonchev–Trinajstić information content (AvgIpc) is 3.05. The molecule has 0 spiro atoms. The Morgan fingerprint density at radius 1 is 0.356 bits per heavy atom. The minimum absolute atomic E-state index is 1.19. The molecule has 0 heteroatoms. The van der Waals surface area contributed by atoms with Crippen LogP contribution in [0.4, 0.5) is 0 Å². The Hall–Kier alpha value is -1.04. The summed E-state index contributed by atoms with van der Waals surface area (Å²) in [4.78, 5) is 0. The standard InChI is InChI=1S/C45H84/c1-5-9-13-16-19-21-23-24-25-26-27-29-31-33-36-39-43-45(42-37-34-18-15-11-7-3)44(40-12-8-4)41-38-35-32-30-28-22-20-17-14-10-6-2/h5-7,9H,2-3,8,10-43H2,1,4H3. The van der Waals surface area contributed by atoms with Crippen molar-refractivity contribution in [3.8, 4) is 0 Å². The van der Waals surface area contributed by atoms with E-state index >= 15 is 0 Å². The number of hydrogen-bond acceptors (Lipinski definition) is 0. The Labute approximate surface area is 286 Å². The summed E-state index contributed by atoms with van der Waals surface area (Å²) >= 11 is 0. The van der Waals surface area contributed by atoms with E-state index in [4.69, 9.17) is 0 Å². The van der Waals surface area contributed by atoms with Crippen LogP contribution in [0.5, 0.6) is 0 Å². The van der Waals surface area contributed by atoms with Crippen molar-refractivity contribution in [2.24, 2.45) is 0 Å². The van der Waals surface area contributed by atoms with Crippen molar-refractivity contribution in [3.63, 3.8) is 0 Å². The SMILES string of the molecule is C=CCCCCCCCCCCCC(CCCC)=C(CCCCCCC=C)CCCCCCCCCCCCCCCC=CC. The van der Waals surface area contributed by atoms with E-state index in [-0.39, 0.29) is 0 Å². The average molecular weight is 625 g/mol. The lowest BCUT2D eigenvalue weighted by Gasteiger charge is -2.17. The summed E-state index contributed by atoms with van der Waals surface area (Å²) in [5, 5.41) is 0. The van der Waals surface area contributed by atoms with Gasteiger partial charge in [-0.05, 0) is 96.8 Å². The monoisotopic (exact) mass is 625 g/mol. The second-order valence-corrected chi connectivity index (χ2v) is 14.3. The first kappa shape index (κ1) is 44.0. The van der Waals surface area contributed by atoms with Gasteiger partial charge in [0.25, 0.3) is 0 Å². The molecule has 0 heterocycles. The smallest absolute Gasteiger partial charge is 0.0318 e. The van der Waals surface area contributed by atoms with Gasteiger partial charge in [-0.3, -0.25) is 0 Å². The van der Waals surface area contributed by atoms with E-state index in [1.165, 1.54) is 225 Å². The van der Waals surface area contributed by atoms with Crippen LogP contribution in [0, 0.1) is 0 Å². The molecule has 0 saturated heterocycles. The summed E-state index contributed by atoms with van der Waals surface area (Å²) in [5.41, 5.74) is 3.79. The molecule has 0 aliphatic carbocycles. The topological polar surface area (TPSA) is 0 Å². The molecule has 0 amide bonds. The van der Waals surface area contributed by atoms with Crippen LogP contribution in [0.2, 0.25) is 0 Å². The van der Waals surface area contributed by atoms with Gasteiger partial charge in [0.15, 0.2) is 0 Å². The van der Waals surface area contributed by atoms with Crippen molar-refractivity contribution in [3.05, 3.63) is 48.6 Å². The summed E-state index contributed by atoms with van der Waals surface area (Å²) < 4.78 is 0. The third-order valence-corrected chi connectivity index (χ3v) is 9.94. The Balaban J connectivity index is 4.36. The molecule has 0 saturated carbocycles. The van der Waals surface area contributed by atoms with E-state index in [0.29, 0.717) is 0 Å². The summed E-state index contributed by atoms with van der Waals surface area (Å²) in [6, 6.07) is 0. The molecule has 0 bridgehead atoms. The maximum atomic E-state index is 3.91. The molecule has 0 radical (unpaired) electrons. The van der Waals surface area contributed by atoms with Gasteiger partial charge < -0.3 is 0 Å². The number of unbranched alkanes of at least 4 members (excludes halogenated alkanes) is 27. The third kappa shape index (κ3) is 34.1. The number of allylic oxidation sites excluding steroid dienone is 6. The molecule has 264 valence electrons. The molecule has 0 atom stereocenters. The van der Waals surface area contributed by atoms with Crippen LogP contribution in [0.25, 0.3) is 0 Å². The van der Waals surface area contributed by atoms with Gasteiger partial charge in [0.05, 0.1) is 0 Å². The van der Waals surface area contributed by atoms with E-state index in [0.717, 1.165) is 0 Å². The predicted molar refractivity (Wildman–Crippen MR) is 210 cm³/mol. The lowest BCUT2D eigenvalue weighted by Crippen LogP contribution is -1.97. The highest BCUT2D eigenvalue weighted by atomic mass is 14.1. The van der Waals surface area contributed by atoms with Gasteiger partial charge in [0, 0.05) is 0 Å². The fourth-order valence-electron chi connectivity index (χ4n) is 6.90. The molecule has 45 heavy (non-hydrogen) atoms. The largest absolute Gasteiger partial charge is 0.103 e. The van der Waals surface area contributed by atoms with Crippen LogP contribution in [0.3, 0.4) is 0 Å². The van der Waals surface area contributed by atoms with Gasteiger partial charge in [0.2, 0.25) is 0 Å². The highest BCUT2D eigenvalue weighted by Gasteiger charge is 2.08. The lowest BCUT2D eigenvalue weighted by atomic mass is 9.90. The van der Waals surface area contributed by atoms with Crippen molar-refractivity contribution in [2.75, 3.05) is 0 Å². The minimum atomic E-state index is 1.19. The van der Waals surface area contributed by atoms with Crippen molar-refractivity contribution >= 4 is 0 Å². The van der Waals surface area contributed by atoms with Crippen LogP contribution < -0.4 is 0 Å². The van der Waals surface area contributed by atoms with E-state index in [9.17, 15) is 0 Å². The van der Waals surface area contributed by atoms with E-state index in [1.54, 1.807) is 0 Å². The molecule has 0 aliphatic heterocycles. The van der Waals surface area contributed by atoms with Gasteiger partial charge in [-0.2, -0.15) is 0 Å². The van der Waals surface area contributed by atoms with Crippen molar-refractivity contribution in [1.29, 1.82) is 0 Å². The van der Waals surface area contributed by atoms with Crippen molar-refractivity contribution < 1.29 is 0 Å². The maximum Gasteiger partial charge on any atom is -0.0318 e. The lowest BCUT2D eigenvalue weighted by molar-refractivity contribution is 0.534. The Morgan fingerprint density at radius 2 is 0.622 bits per heavy atom. The maximum absolute atomic E-state index is 3.91. The molecular formula is C45H84.